The van der Waals surface area contributed by atoms with Crippen LogP contribution < -0.4 is 0 Å². The van der Waals surface area contributed by atoms with Gasteiger partial charge in [0.25, 0.3) is 0 Å². The Morgan fingerprint density at radius 2 is 0.413 bits per heavy atom. The number of hydrogen-bond donors (Lipinski definition) is 4. The molecule has 0 aromatic rings. The van der Waals surface area contributed by atoms with Gasteiger partial charge in [-0.05, 0) is 84.1 Å². The second kappa shape index (κ2) is 81.1. The first-order valence-corrected chi connectivity index (χ1v) is 44.6. The van der Waals surface area contributed by atoms with Crippen LogP contribution >= 0.6 is 0 Å². The minimum absolute atomic E-state index is 0.108. The van der Waals surface area contributed by atoms with Crippen LogP contribution in [0.2, 0.25) is 0 Å². The SMILES string of the molecule is CCCCCCCC/C=C/CCCCCCCC(=O)OCC(O)CN(CCN(C)CCN(CC(O)COC(=O)CCCCCCC/C=C/CCCCCCCC)CC(O)COC(=O)CCCCCCCCCCCCCCCCC)CC(O)COC(=O)CCCCCCCCCCCCCCCCC. The van der Waals surface area contributed by atoms with E-state index in [0.717, 1.165) is 116 Å². The van der Waals surface area contributed by atoms with Crippen LogP contribution in [0.5, 0.6) is 0 Å². The monoisotopic (exact) mass is 1470 g/mol. The lowest BCUT2D eigenvalue weighted by atomic mass is 10.0. The van der Waals surface area contributed by atoms with Crippen LogP contribution in [0.4, 0.5) is 0 Å². The Labute approximate surface area is 641 Å². The number of aliphatic hydroxyl groups excluding tert-OH is 4. The molecular formula is C89H171N3O12. The number of nitrogens with zero attached hydrogens (tertiary/aromatic N) is 3. The summed E-state index contributed by atoms with van der Waals surface area (Å²) in [5.41, 5.74) is 0. The molecule has 0 saturated carbocycles. The summed E-state index contributed by atoms with van der Waals surface area (Å²) in [6.45, 7) is 10.6. The predicted octanol–water partition coefficient (Wildman–Crippen LogP) is 21.7. The van der Waals surface area contributed by atoms with Crippen molar-refractivity contribution in [3.05, 3.63) is 24.3 Å². The molecule has 0 aliphatic heterocycles. The van der Waals surface area contributed by atoms with Crippen LogP contribution in [0.15, 0.2) is 24.3 Å². The van der Waals surface area contributed by atoms with Gasteiger partial charge < -0.3 is 44.3 Å². The summed E-state index contributed by atoms with van der Waals surface area (Å²) in [6, 6.07) is 0. The van der Waals surface area contributed by atoms with Crippen LogP contribution in [0, 0.1) is 0 Å². The summed E-state index contributed by atoms with van der Waals surface area (Å²) < 4.78 is 22.3. The summed E-state index contributed by atoms with van der Waals surface area (Å²) in [4.78, 5) is 57.3. The Hall–Kier alpha value is -2.92. The molecule has 0 amide bonds. The fourth-order valence-electron chi connectivity index (χ4n) is 13.7. The van der Waals surface area contributed by atoms with E-state index in [1.54, 1.807) is 0 Å². The highest BCUT2D eigenvalue weighted by Crippen LogP contribution is 2.19. The van der Waals surface area contributed by atoms with Crippen molar-refractivity contribution in [3.63, 3.8) is 0 Å². The maximum atomic E-state index is 12.9. The number of allylic oxidation sites excluding steroid dienone is 4. The van der Waals surface area contributed by atoms with Crippen molar-refractivity contribution in [1.29, 1.82) is 0 Å². The number of carbonyl (C=O) groups excluding carboxylic acids is 4. The zero-order valence-corrected chi connectivity index (χ0v) is 68.9. The fourth-order valence-corrected chi connectivity index (χ4v) is 13.7. The van der Waals surface area contributed by atoms with Crippen molar-refractivity contribution in [2.75, 3.05) is 85.8 Å². The molecule has 0 aliphatic rings. The number of ether oxygens (including phenoxy) is 4. The second-order valence-corrected chi connectivity index (χ2v) is 31.2. The average Bonchev–Trinajstić information content (AvgIpc) is 1.04. The third-order valence-corrected chi connectivity index (χ3v) is 20.5. The normalized spacial score (nSPS) is 13.1. The van der Waals surface area contributed by atoms with Gasteiger partial charge in [-0.2, -0.15) is 0 Å². The summed E-state index contributed by atoms with van der Waals surface area (Å²) in [5, 5.41) is 45.1. The van der Waals surface area contributed by atoms with Gasteiger partial charge in [-0.25, -0.2) is 0 Å². The van der Waals surface area contributed by atoms with E-state index in [1.807, 2.05) is 16.8 Å². The number of esters is 4. The van der Waals surface area contributed by atoms with Crippen LogP contribution in [-0.2, 0) is 38.1 Å². The first-order valence-electron chi connectivity index (χ1n) is 44.6. The lowest BCUT2D eigenvalue weighted by Gasteiger charge is -2.31. The van der Waals surface area contributed by atoms with E-state index >= 15 is 0 Å². The lowest BCUT2D eigenvalue weighted by molar-refractivity contribution is -0.148. The number of unbranched alkanes of at least 4 members (excludes halogenated alkanes) is 50. The van der Waals surface area contributed by atoms with Crippen molar-refractivity contribution in [3.8, 4) is 0 Å². The van der Waals surface area contributed by atoms with E-state index in [-0.39, 0.29) is 76.5 Å². The van der Waals surface area contributed by atoms with Crippen molar-refractivity contribution < 1.29 is 58.6 Å². The molecule has 15 heteroatoms. The third-order valence-electron chi connectivity index (χ3n) is 20.5. The molecule has 0 spiro atoms. The number of hydrogen-bond acceptors (Lipinski definition) is 15. The van der Waals surface area contributed by atoms with Crippen molar-refractivity contribution in [2.45, 2.75) is 437 Å². The average molecular weight is 1480 g/mol. The number of rotatable bonds is 84. The maximum Gasteiger partial charge on any atom is 0.305 e. The molecule has 0 aliphatic carbocycles. The molecule has 0 fully saturated rings. The Kier molecular flexibility index (Phi) is 78.8. The number of aliphatic hydroxyl groups is 4. The smallest absolute Gasteiger partial charge is 0.305 e. The summed E-state index contributed by atoms with van der Waals surface area (Å²) in [5.74, 6) is -1.34. The number of likely N-dealkylation sites (N-methyl/N-ethyl adjacent to an activating group) is 1. The zero-order chi connectivity index (χ0) is 75.9. The van der Waals surface area contributed by atoms with Crippen molar-refractivity contribution in [1.82, 2.24) is 14.7 Å². The van der Waals surface area contributed by atoms with Crippen LogP contribution in [-0.4, -0.2) is 169 Å². The van der Waals surface area contributed by atoms with E-state index in [1.165, 1.54) is 244 Å². The molecule has 0 rings (SSSR count). The van der Waals surface area contributed by atoms with Crippen LogP contribution in [0.25, 0.3) is 0 Å². The molecule has 614 valence electrons. The fraction of sp³-hybridized carbons (Fsp3) is 0.910. The first kappa shape index (κ1) is 101. The summed E-state index contributed by atoms with van der Waals surface area (Å²) in [6.07, 6.45) is 74.1. The van der Waals surface area contributed by atoms with Gasteiger partial charge >= 0.3 is 23.9 Å². The van der Waals surface area contributed by atoms with Gasteiger partial charge in [0.15, 0.2) is 0 Å². The van der Waals surface area contributed by atoms with E-state index in [9.17, 15) is 39.6 Å². The Balaban J connectivity index is 5.54. The highest BCUT2D eigenvalue weighted by molar-refractivity contribution is 5.70. The standard InChI is InChI=1S/C89H171N3O12/c1-6-10-14-18-22-26-30-34-38-42-46-50-54-58-62-66-86(97)101-78-82(93)74-91(75-83(94)79-102-87(98)67-63-59-55-51-47-43-39-35-31-27-23-19-15-11-7-2)72-70-90(5)71-73-92(76-84(95)80-103-88(99)68-64-60-56-52-48-44-40-36-32-28-24-20-16-12-8-3)77-85(96)81-104-89(100)69-65-61-57-53-49-45-41-37-33-29-25-21-17-13-9-4/h34,36,38,40,82-85,93-96H,6-33,35,37,39,41-81H2,1-5H3/b38-34+,40-36+. The van der Waals surface area contributed by atoms with Gasteiger partial charge in [-0.15, -0.1) is 0 Å². The molecule has 0 heterocycles. The molecule has 4 N–H and O–H groups in total. The molecule has 0 radical (unpaired) electrons. The minimum atomic E-state index is -1.02. The molecule has 0 bridgehead atoms. The minimum Gasteiger partial charge on any atom is -0.463 e. The van der Waals surface area contributed by atoms with Gasteiger partial charge in [0.1, 0.15) is 50.8 Å². The Bertz CT molecular complexity index is 1760. The van der Waals surface area contributed by atoms with Gasteiger partial charge in [0.2, 0.25) is 0 Å². The molecule has 104 heavy (non-hydrogen) atoms. The van der Waals surface area contributed by atoms with E-state index in [4.69, 9.17) is 18.9 Å². The van der Waals surface area contributed by atoms with Gasteiger partial charge in [-0.1, -0.05) is 335 Å². The Morgan fingerprint density at radius 3 is 0.596 bits per heavy atom. The Morgan fingerprint density at radius 1 is 0.250 bits per heavy atom. The molecule has 0 aromatic heterocycles. The van der Waals surface area contributed by atoms with Crippen molar-refractivity contribution in [2.24, 2.45) is 0 Å². The molecular weight excluding hydrogens is 1300 g/mol. The second-order valence-electron chi connectivity index (χ2n) is 31.2. The largest absolute Gasteiger partial charge is 0.463 e. The highest BCUT2D eigenvalue weighted by Gasteiger charge is 2.22. The first-order chi connectivity index (χ1) is 50.8. The molecule has 0 aromatic carbocycles. The zero-order valence-electron chi connectivity index (χ0n) is 68.9. The maximum absolute atomic E-state index is 12.9. The molecule has 0 saturated heterocycles. The molecule has 4 unspecified atom stereocenters. The van der Waals surface area contributed by atoms with E-state index < -0.39 is 24.4 Å². The molecule has 4 atom stereocenters. The van der Waals surface area contributed by atoms with E-state index in [0.29, 0.717) is 51.9 Å². The van der Waals surface area contributed by atoms with Gasteiger partial charge in [0, 0.05) is 78.0 Å². The van der Waals surface area contributed by atoms with Gasteiger partial charge in [-0.3, -0.25) is 29.0 Å². The highest BCUT2D eigenvalue weighted by atomic mass is 16.6. The van der Waals surface area contributed by atoms with Gasteiger partial charge in [0.05, 0.1) is 0 Å². The number of carbonyl (C=O) groups is 4. The lowest BCUT2D eigenvalue weighted by Crippen LogP contribution is -2.46. The molecule has 15 nitrogen and oxygen atoms in total. The predicted molar refractivity (Wildman–Crippen MR) is 436 cm³/mol. The van der Waals surface area contributed by atoms with Crippen molar-refractivity contribution >= 4 is 23.9 Å². The van der Waals surface area contributed by atoms with Crippen LogP contribution in [0.1, 0.15) is 413 Å². The summed E-state index contributed by atoms with van der Waals surface area (Å²) >= 11 is 0. The third kappa shape index (κ3) is 77.2. The quantitative estimate of drug-likeness (QED) is 0.0194. The summed E-state index contributed by atoms with van der Waals surface area (Å²) in [7, 11) is 1.95. The topological polar surface area (TPSA) is 196 Å². The van der Waals surface area contributed by atoms with E-state index in [2.05, 4.69) is 56.9 Å². The van der Waals surface area contributed by atoms with Crippen LogP contribution in [0.3, 0.4) is 0 Å².